The quantitative estimate of drug-likeness (QED) is 0.882. The Labute approximate surface area is 116 Å². The lowest BCUT2D eigenvalue weighted by Crippen LogP contribution is -2.52. The minimum absolute atomic E-state index is 0.619. The van der Waals surface area contributed by atoms with Crippen LogP contribution >= 0.6 is 0 Å². The van der Waals surface area contributed by atoms with Gasteiger partial charge in [0.2, 0.25) is 0 Å². The Bertz CT molecular complexity index is 394. The maximum Gasteiger partial charge on any atom is 0.123 e. The van der Waals surface area contributed by atoms with Crippen molar-refractivity contribution in [2.75, 3.05) is 26.7 Å². The lowest BCUT2D eigenvalue weighted by Gasteiger charge is -2.36. The highest BCUT2D eigenvalue weighted by molar-refractivity contribution is 5.33. The summed E-state index contributed by atoms with van der Waals surface area (Å²) in [7, 11) is 1.75. The number of hydrogen-bond acceptors (Lipinski definition) is 3. The highest BCUT2D eigenvalue weighted by Crippen LogP contribution is 2.21. The second-order valence-corrected chi connectivity index (χ2v) is 5.49. The van der Waals surface area contributed by atoms with Crippen molar-refractivity contribution in [1.82, 2.24) is 10.2 Å². The van der Waals surface area contributed by atoms with Gasteiger partial charge in [0.15, 0.2) is 0 Å². The van der Waals surface area contributed by atoms with Gasteiger partial charge in [0.25, 0.3) is 0 Å². The molecule has 1 heterocycles. The molecule has 1 aliphatic rings. The molecule has 0 aromatic heterocycles. The van der Waals surface area contributed by atoms with Crippen molar-refractivity contribution in [3.8, 4) is 5.75 Å². The van der Waals surface area contributed by atoms with Crippen LogP contribution < -0.4 is 10.1 Å². The molecule has 0 spiro atoms. The fourth-order valence-electron chi connectivity index (χ4n) is 2.73. The Morgan fingerprint density at radius 3 is 2.95 bits per heavy atom. The van der Waals surface area contributed by atoms with Crippen LogP contribution in [0.2, 0.25) is 0 Å². The van der Waals surface area contributed by atoms with Crippen molar-refractivity contribution in [2.24, 2.45) is 5.92 Å². The summed E-state index contributed by atoms with van der Waals surface area (Å²) >= 11 is 0. The molecular weight excluding hydrogens is 236 g/mol. The molecule has 2 unspecified atom stereocenters. The van der Waals surface area contributed by atoms with Crippen LogP contribution in [0.1, 0.15) is 25.8 Å². The van der Waals surface area contributed by atoms with E-state index in [1.165, 1.54) is 12.0 Å². The Morgan fingerprint density at radius 1 is 1.42 bits per heavy atom. The highest BCUT2D eigenvalue weighted by atomic mass is 16.5. The van der Waals surface area contributed by atoms with Gasteiger partial charge in [0.1, 0.15) is 5.75 Å². The number of hydrogen-bond donors (Lipinski definition) is 1. The van der Waals surface area contributed by atoms with Gasteiger partial charge in [-0.05, 0) is 12.0 Å². The molecule has 1 saturated heterocycles. The number of benzene rings is 1. The molecule has 0 radical (unpaired) electrons. The molecule has 106 valence electrons. The lowest BCUT2D eigenvalue weighted by molar-refractivity contribution is 0.161. The number of para-hydroxylation sites is 1. The van der Waals surface area contributed by atoms with Crippen molar-refractivity contribution in [2.45, 2.75) is 32.9 Å². The second-order valence-electron chi connectivity index (χ2n) is 5.49. The summed E-state index contributed by atoms with van der Waals surface area (Å²) in [5.41, 5.74) is 1.29. The summed E-state index contributed by atoms with van der Waals surface area (Å²) in [5, 5.41) is 3.64. The number of nitrogens with one attached hydrogen (secondary N) is 1. The minimum Gasteiger partial charge on any atom is -0.496 e. The van der Waals surface area contributed by atoms with E-state index in [0.29, 0.717) is 6.04 Å². The molecule has 1 fully saturated rings. The molecular formula is C16H26N2O. The van der Waals surface area contributed by atoms with Gasteiger partial charge >= 0.3 is 0 Å². The van der Waals surface area contributed by atoms with Crippen LogP contribution in [0, 0.1) is 5.92 Å². The summed E-state index contributed by atoms with van der Waals surface area (Å²) < 4.78 is 5.44. The second kappa shape index (κ2) is 6.92. The molecule has 2 rings (SSSR count). The summed E-state index contributed by atoms with van der Waals surface area (Å²) in [5.74, 6) is 1.74. The predicted octanol–water partition coefficient (Wildman–Crippen LogP) is 2.52. The molecule has 3 nitrogen and oxygen atoms in total. The topological polar surface area (TPSA) is 24.5 Å². The van der Waals surface area contributed by atoms with Crippen LogP contribution in [0.15, 0.2) is 24.3 Å². The number of piperazine rings is 1. The van der Waals surface area contributed by atoms with Gasteiger partial charge in [-0.1, -0.05) is 38.5 Å². The zero-order valence-corrected chi connectivity index (χ0v) is 12.4. The number of rotatable bonds is 5. The van der Waals surface area contributed by atoms with Crippen LogP contribution in [0.3, 0.4) is 0 Å². The van der Waals surface area contributed by atoms with Gasteiger partial charge in [0, 0.05) is 37.8 Å². The summed E-state index contributed by atoms with van der Waals surface area (Å²) in [6, 6.07) is 8.95. The third-order valence-electron chi connectivity index (χ3n) is 4.21. The first-order valence-electron chi connectivity index (χ1n) is 7.32. The number of nitrogens with zero attached hydrogens (tertiary/aromatic N) is 1. The monoisotopic (exact) mass is 262 g/mol. The van der Waals surface area contributed by atoms with Crippen molar-refractivity contribution in [3.05, 3.63) is 29.8 Å². The molecule has 1 aliphatic heterocycles. The van der Waals surface area contributed by atoms with E-state index in [1.807, 2.05) is 12.1 Å². The zero-order chi connectivity index (χ0) is 13.7. The van der Waals surface area contributed by atoms with Crippen LogP contribution in [-0.2, 0) is 6.54 Å². The molecule has 3 heteroatoms. The SMILES string of the molecule is CCC(C)C1CN(Cc2ccccc2OC)CCN1. The van der Waals surface area contributed by atoms with Crippen LogP contribution in [-0.4, -0.2) is 37.7 Å². The van der Waals surface area contributed by atoms with Crippen molar-refractivity contribution in [3.63, 3.8) is 0 Å². The maximum atomic E-state index is 5.44. The maximum absolute atomic E-state index is 5.44. The van der Waals surface area contributed by atoms with Crippen molar-refractivity contribution < 1.29 is 4.74 Å². The first kappa shape index (κ1) is 14.4. The molecule has 0 amide bonds. The Kier molecular flexibility index (Phi) is 5.23. The summed E-state index contributed by atoms with van der Waals surface area (Å²) in [4.78, 5) is 2.53. The van der Waals surface area contributed by atoms with E-state index in [9.17, 15) is 0 Å². The largest absolute Gasteiger partial charge is 0.496 e. The minimum atomic E-state index is 0.619. The van der Waals surface area contributed by atoms with Crippen LogP contribution in [0.4, 0.5) is 0 Å². The first-order chi connectivity index (χ1) is 9.24. The van der Waals surface area contributed by atoms with Gasteiger partial charge in [-0.3, -0.25) is 4.90 Å². The fraction of sp³-hybridized carbons (Fsp3) is 0.625. The van der Waals surface area contributed by atoms with E-state index in [0.717, 1.165) is 37.8 Å². The zero-order valence-electron chi connectivity index (χ0n) is 12.4. The number of methoxy groups -OCH3 is 1. The number of ether oxygens (including phenoxy) is 1. The highest BCUT2D eigenvalue weighted by Gasteiger charge is 2.23. The molecule has 1 aromatic carbocycles. The molecule has 0 bridgehead atoms. The molecule has 1 N–H and O–H groups in total. The lowest BCUT2D eigenvalue weighted by atomic mass is 9.97. The Hall–Kier alpha value is -1.06. The van der Waals surface area contributed by atoms with Gasteiger partial charge in [-0.15, -0.1) is 0 Å². The standard InChI is InChI=1S/C16H26N2O/c1-4-13(2)15-12-18(10-9-17-15)11-14-7-5-6-8-16(14)19-3/h5-8,13,15,17H,4,9-12H2,1-3H3. The van der Waals surface area contributed by atoms with Gasteiger partial charge in [-0.25, -0.2) is 0 Å². The summed E-state index contributed by atoms with van der Waals surface area (Å²) in [6.07, 6.45) is 1.24. The van der Waals surface area contributed by atoms with E-state index in [4.69, 9.17) is 4.74 Å². The van der Waals surface area contributed by atoms with Gasteiger partial charge in [0.05, 0.1) is 7.11 Å². The van der Waals surface area contributed by atoms with E-state index >= 15 is 0 Å². The van der Waals surface area contributed by atoms with E-state index < -0.39 is 0 Å². The molecule has 1 aromatic rings. The summed E-state index contributed by atoms with van der Waals surface area (Å²) in [6.45, 7) is 8.93. The van der Waals surface area contributed by atoms with Gasteiger partial charge in [-0.2, -0.15) is 0 Å². The smallest absolute Gasteiger partial charge is 0.123 e. The van der Waals surface area contributed by atoms with Crippen LogP contribution in [0.25, 0.3) is 0 Å². The van der Waals surface area contributed by atoms with Crippen molar-refractivity contribution in [1.29, 1.82) is 0 Å². The molecule has 0 aliphatic carbocycles. The van der Waals surface area contributed by atoms with E-state index in [1.54, 1.807) is 7.11 Å². The third-order valence-corrected chi connectivity index (χ3v) is 4.21. The van der Waals surface area contributed by atoms with E-state index in [-0.39, 0.29) is 0 Å². The average molecular weight is 262 g/mol. The molecule has 19 heavy (non-hydrogen) atoms. The fourth-order valence-corrected chi connectivity index (χ4v) is 2.73. The Morgan fingerprint density at radius 2 is 2.21 bits per heavy atom. The molecule has 2 atom stereocenters. The first-order valence-corrected chi connectivity index (χ1v) is 7.32. The molecule has 0 saturated carbocycles. The third kappa shape index (κ3) is 3.71. The van der Waals surface area contributed by atoms with Crippen LogP contribution in [0.5, 0.6) is 5.75 Å². The Balaban J connectivity index is 1.98. The van der Waals surface area contributed by atoms with E-state index in [2.05, 4.69) is 36.2 Å². The predicted molar refractivity (Wildman–Crippen MR) is 79.5 cm³/mol. The van der Waals surface area contributed by atoms with Crippen molar-refractivity contribution >= 4 is 0 Å². The normalized spacial score (nSPS) is 22.2. The van der Waals surface area contributed by atoms with Gasteiger partial charge < -0.3 is 10.1 Å². The average Bonchev–Trinajstić information content (AvgIpc) is 2.47.